The van der Waals surface area contributed by atoms with E-state index >= 15 is 0 Å². The van der Waals surface area contributed by atoms with Gasteiger partial charge in [0.2, 0.25) is 5.89 Å². The van der Waals surface area contributed by atoms with E-state index in [0.717, 1.165) is 73.7 Å². The number of likely N-dealkylation sites (tertiary alicyclic amines) is 1. The maximum absolute atomic E-state index is 10.7. The fourth-order valence-electron chi connectivity index (χ4n) is 3.63. The first-order chi connectivity index (χ1) is 14.4. The Morgan fingerprint density at radius 3 is 2.73 bits per heavy atom. The number of nitrogens with one attached hydrogen (secondary N) is 2. The second-order valence-electron chi connectivity index (χ2n) is 8.30. The Morgan fingerprint density at radius 1 is 1.37 bits per heavy atom. The zero-order valence-electron chi connectivity index (χ0n) is 18.6. The van der Waals surface area contributed by atoms with Crippen LogP contribution in [0, 0.1) is 19.8 Å². The first-order valence-corrected chi connectivity index (χ1v) is 11.7. The van der Waals surface area contributed by atoms with Crippen LogP contribution in [-0.4, -0.2) is 53.7 Å². The maximum Gasteiger partial charge on any atom is 0.208 e. The fourth-order valence-corrected chi connectivity index (χ4v) is 4.40. The Balaban J connectivity index is 1.45. The number of guanidine groups is 1. The number of hydrogen-bond acceptors (Lipinski definition) is 6. The van der Waals surface area contributed by atoms with Crippen molar-refractivity contribution in [2.45, 2.75) is 52.7 Å². The van der Waals surface area contributed by atoms with E-state index in [1.54, 1.807) is 11.3 Å². The molecule has 2 aromatic heterocycles. The molecule has 0 bridgehead atoms. The molecule has 166 valence electrons. The number of oxazole rings is 1. The van der Waals surface area contributed by atoms with Crippen LogP contribution < -0.4 is 10.6 Å². The summed E-state index contributed by atoms with van der Waals surface area (Å²) in [6, 6.07) is 3.91. The normalized spacial score (nSPS) is 18.4. The van der Waals surface area contributed by atoms with E-state index in [2.05, 4.69) is 32.4 Å². The molecule has 30 heavy (non-hydrogen) atoms. The molecule has 3 N–H and O–H groups in total. The zero-order chi connectivity index (χ0) is 21.6. The topological polar surface area (TPSA) is 85.9 Å². The molecule has 2 aromatic rings. The average molecular weight is 434 g/mol. The van der Waals surface area contributed by atoms with Gasteiger partial charge in [0.1, 0.15) is 11.4 Å². The van der Waals surface area contributed by atoms with Crippen molar-refractivity contribution in [3.05, 3.63) is 39.7 Å². The molecule has 3 heterocycles. The molecule has 0 aliphatic carbocycles. The minimum absolute atomic E-state index is 0.330. The largest absolute Gasteiger partial charge is 0.444 e. The van der Waals surface area contributed by atoms with E-state index < -0.39 is 5.60 Å². The van der Waals surface area contributed by atoms with Crippen LogP contribution >= 0.6 is 11.3 Å². The minimum Gasteiger partial charge on any atom is -0.444 e. The fraction of sp³-hybridized carbons (Fsp3) is 0.636. The van der Waals surface area contributed by atoms with Crippen LogP contribution in [0.5, 0.6) is 0 Å². The third-order valence-corrected chi connectivity index (χ3v) is 6.76. The lowest BCUT2D eigenvalue weighted by Gasteiger charge is -2.31. The van der Waals surface area contributed by atoms with Gasteiger partial charge in [0.25, 0.3) is 0 Å². The van der Waals surface area contributed by atoms with Gasteiger partial charge in [-0.05, 0) is 71.0 Å². The molecule has 0 amide bonds. The summed E-state index contributed by atoms with van der Waals surface area (Å²) in [6.45, 7) is 12.7. The van der Waals surface area contributed by atoms with Gasteiger partial charge >= 0.3 is 0 Å². The Bertz CT molecular complexity index is 788. The predicted octanol–water partition coefficient (Wildman–Crippen LogP) is 3.03. The minimum atomic E-state index is -0.946. The monoisotopic (exact) mass is 433 g/mol. The Labute approximate surface area is 183 Å². The van der Waals surface area contributed by atoms with Crippen molar-refractivity contribution >= 4 is 17.3 Å². The van der Waals surface area contributed by atoms with E-state index in [1.165, 1.54) is 0 Å². The highest BCUT2D eigenvalue weighted by Crippen LogP contribution is 2.25. The third-order valence-electron chi connectivity index (χ3n) is 5.64. The number of thiophene rings is 1. The van der Waals surface area contributed by atoms with Gasteiger partial charge in [-0.3, -0.25) is 4.90 Å². The summed E-state index contributed by atoms with van der Waals surface area (Å²) >= 11 is 1.56. The second-order valence-corrected chi connectivity index (χ2v) is 9.24. The van der Waals surface area contributed by atoms with Gasteiger partial charge in [-0.15, -0.1) is 11.3 Å². The first-order valence-electron chi connectivity index (χ1n) is 10.8. The van der Waals surface area contributed by atoms with E-state index in [0.29, 0.717) is 12.5 Å². The number of rotatable bonds is 8. The van der Waals surface area contributed by atoms with Crippen molar-refractivity contribution < 1.29 is 9.52 Å². The van der Waals surface area contributed by atoms with Crippen LogP contribution in [0.2, 0.25) is 0 Å². The van der Waals surface area contributed by atoms with Crippen molar-refractivity contribution in [3.8, 4) is 0 Å². The molecule has 7 nitrogen and oxygen atoms in total. The highest BCUT2D eigenvalue weighted by molar-refractivity contribution is 7.10. The van der Waals surface area contributed by atoms with E-state index in [4.69, 9.17) is 4.42 Å². The van der Waals surface area contributed by atoms with Gasteiger partial charge in [-0.1, -0.05) is 6.07 Å². The van der Waals surface area contributed by atoms with Gasteiger partial charge in [0.15, 0.2) is 5.96 Å². The van der Waals surface area contributed by atoms with Crippen LogP contribution in [0.1, 0.15) is 48.9 Å². The molecular formula is C22H35N5O2S. The molecule has 1 saturated heterocycles. The number of hydrogen-bond donors (Lipinski definition) is 3. The summed E-state index contributed by atoms with van der Waals surface area (Å²) in [5.41, 5.74) is 0.0377. The summed E-state index contributed by atoms with van der Waals surface area (Å²) in [4.78, 5) is 12.5. The third kappa shape index (κ3) is 6.30. The van der Waals surface area contributed by atoms with Crippen LogP contribution in [-0.2, 0) is 12.1 Å². The zero-order valence-corrected chi connectivity index (χ0v) is 19.4. The summed E-state index contributed by atoms with van der Waals surface area (Å²) in [5, 5.41) is 19.4. The maximum atomic E-state index is 10.7. The number of aromatic nitrogens is 1. The van der Waals surface area contributed by atoms with Crippen LogP contribution in [0.15, 0.2) is 26.9 Å². The Hall–Kier alpha value is -1.90. The Morgan fingerprint density at radius 2 is 2.13 bits per heavy atom. The molecule has 1 unspecified atom stereocenters. The highest BCUT2D eigenvalue weighted by Gasteiger charge is 2.24. The average Bonchev–Trinajstić information content (AvgIpc) is 3.36. The number of piperidine rings is 1. The van der Waals surface area contributed by atoms with E-state index in [9.17, 15) is 5.11 Å². The standard InChI is InChI=1S/C22H35N5O2S/c1-5-23-21(25-15-22(4,28)19-7-6-12-30-19)24-13-18-8-10-27(11-9-18)14-20-26-16(2)17(3)29-20/h6-7,12,18,28H,5,8-11,13-15H2,1-4H3,(H2,23,24,25). The van der Waals surface area contributed by atoms with Crippen molar-refractivity contribution in [1.82, 2.24) is 20.5 Å². The molecule has 0 aromatic carbocycles. The molecule has 0 spiro atoms. The number of aliphatic hydroxyl groups is 1. The molecule has 1 aliphatic heterocycles. The van der Waals surface area contributed by atoms with Crippen LogP contribution in [0.3, 0.4) is 0 Å². The van der Waals surface area contributed by atoms with Crippen molar-refractivity contribution in [1.29, 1.82) is 0 Å². The summed E-state index contributed by atoms with van der Waals surface area (Å²) < 4.78 is 5.72. The Kier molecular flexibility index (Phi) is 7.91. The van der Waals surface area contributed by atoms with E-state index in [1.807, 2.05) is 38.3 Å². The predicted molar refractivity (Wildman–Crippen MR) is 122 cm³/mol. The second kappa shape index (κ2) is 10.4. The molecule has 1 fully saturated rings. The van der Waals surface area contributed by atoms with Crippen LogP contribution in [0.4, 0.5) is 0 Å². The molecule has 3 rings (SSSR count). The van der Waals surface area contributed by atoms with E-state index in [-0.39, 0.29) is 0 Å². The van der Waals surface area contributed by atoms with Crippen molar-refractivity contribution in [2.24, 2.45) is 10.9 Å². The van der Waals surface area contributed by atoms with Gasteiger partial charge in [0, 0.05) is 18.0 Å². The molecule has 1 aliphatic rings. The number of nitrogens with zero attached hydrogens (tertiary/aromatic N) is 3. The van der Waals surface area contributed by atoms with Gasteiger partial charge in [-0.2, -0.15) is 0 Å². The lowest BCUT2D eigenvalue weighted by Crippen LogP contribution is -2.43. The SMILES string of the molecule is CCNC(=NCC(C)(O)c1cccs1)NCC1CCN(Cc2nc(C)c(C)o2)CC1. The highest BCUT2D eigenvalue weighted by atomic mass is 32.1. The molecule has 0 saturated carbocycles. The molecular weight excluding hydrogens is 398 g/mol. The lowest BCUT2D eigenvalue weighted by atomic mass is 9.97. The summed E-state index contributed by atoms with van der Waals surface area (Å²) in [7, 11) is 0. The molecule has 1 atom stereocenters. The van der Waals surface area contributed by atoms with Gasteiger partial charge in [0.05, 0.1) is 18.8 Å². The molecule has 0 radical (unpaired) electrons. The lowest BCUT2D eigenvalue weighted by molar-refractivity contribution is 0.0711. The summed E-state index contributed by atoms with van der Waals surface area (Å²) in [5.74, 6) is 3.11. The van der Waals surface area contributed by atoms with Gasteiger partial charge < -0.3 is 20.2 Å². The van der Waals surface area contributed by atoms with Crippen LogP contribution in [0.25, 0.3) is 0 Å². The van der Waals surface area contributed by atoms with Gasteiger partial charge in [-0.25, -0.2) is 9.98 Å². The summed E-state index contributed by atoms with van der Waals surface area (Å²) in [6.07, 6.45) is 2.27. The first kappa shape index (κ1) is 22.8. The smallest absolute Gasteiger partial charge is 0.208 e. The van der Waals surface area contributed by atoms with Crippen molar-refractivity contribution in [3.63, 3.8) is 0 Å². The van der Waals surface area contributed by atoms with Crippen molar-refractivity contribution in [2.75, 3.05) is 32.7 Å². The number of aryl methyl sites for hydroxylation is 2. The molecule has 8 heteroatoms. The quantitative estimate of drug-likeness (QED) is 0.438. The number of aliphatic imine (C=N–C) groups is 1.